The lowest BCUT2D eigenvalue weighted by atomic mass is 10.2. The van der Waals surface area contributed by atoms with E-state index in [9.17, 15) is 10.1 Å². The molecule has 0 unspecified atom stereocenters. The topological polar surface area (TPSA) is 73.8 Å². The summed E-state index contributed by atoms with van der Waals surface area (Å²) in [7, 11) is 0. The van der Waals surface area contributed by atoms with Crippen LogP contribution < -0.4 is 0 Å². The first kappa shape index (κ1) is 16.2. The van der Waals surface area contributed by atoms with Crippen molar-refractivity contribution in [2.45, 2.75) is 24.8 Å². The van der Waals surface area contributed by atoms with E-state index in [1.807, 2.05) is 48.7 Å². The molecule has 3 rings (SSSR count). The molecule has 1 aromatic heterocycles. The molecule has 24 heavy (non-hydrogen) atoms. The highest BCUT2D eigenvalue weighted by Crippen LogP contribution is 2.26. The number of aryl methyl sites for hydroxylation is 2. The smallest absolute Gasteiger partial charge is 0.269 e. The SMILES string of the molecule is Cc1ccc(-n2c(C)nnc2SCc2cccc([N+](=O)[O-])c2)cc1. The van der Waals surface area contributed by atoms with Crippen LogP contribution in [0.2, 0.25) is 0 Å². The van der Waals surface area contributed by atoms with Crippen LogP contribution in [-0.2, 0) is 5.75 Å². The van der Waals surface area contributed by atoms with Gasteiger partial charge >= 0.3 is 0 Å². The van der Waals surface area contributed by atoms with Gasteiger partial charge in [0.05, 0.1) is 4.92 Å². The fourth-order valence-electron chi connectivity index (χ4n) is 2.34. The third-order valence-corrected chi connectivity index (χ3v) is 4.58. The second-order valence-electron chi connectivity index (χ2n) is 5.42. The maximum Gasteiger partial charge on any atom is 0.269 e. The Morgan fingerprint density at radius 2 is 1.88 bits per heavy atom. The van der Waals surface area contributed by atoms with E-state index < -0.39 is 0 Å². The van der Waals surface area contributed by atoms with Gasteiger partial charge in [-0.25, -0.2) is 0 Å². The summed E-state index contributed by atoms with van der Waals surface area (Å²) in [4.78, 5) is 10.5. The summed E-state index contributed by atoms with van der Waals surface area (Å²) in [6, 6.07) is 14.8. The molecular weight excluding hydrogens is 324 g/mol. The van der Waals surface area contributed by atoms with Crippen molar-refractivity contribution < 1.29 is 4.92 Å². The molecule has 0 saturated heterocycles. The van der Waals surface area contributed by atoms with Crippen LogP contribution in [0, 0.1) is 24.0 Å². The Labute approximate surface area is 143 Å². The molecule has 3 aromatic rings. The van der Waals surface area contributed by atoms with Crippen molar-refractivity contribution in [3.8, 4) is 5.69 Å². The molecule has 0 atom stereocenters. The number of non-ortho nitro benzene ring substituents is 1. The first-order chi connectivity index (χ1) is 11.5. The van der Waals surface area contributed by atoms with Gasteiger partial charge in [0.2, 0.25) is 0 Å². The molecule has 0 fully saturated rings. The van der Waals surface area contributed by atoms with Crippen LogP contribution in [0.5, 0.6) is 0 Å². The van der Waals surface area contributed by atoms with E-state index in [1.165, 1.54) is 23.4 Å². The number of aromatic nitrogens is 3. The van der Waals surface area contributed by atoms with Crippen molar-refractivity contribution >= 4 is 17.4 Å². The van der Waals surface area contributed by atoms with Gasteiger partial charge in [0.15, 0.2) is 5.16 Å². The number of thioether (sulfide) groups is 1. The largest absolute Gasteiger partial charge is 0.274 e. The minimum Gasteiger partial charge on any atom is -0.274 e. The number of rotatable bonds is 5. The third-order valence-electron chi connectivity index (χ3n) is 3.58. The number of benzene rings is 2. The van der Waals surface area contributed by atoms with Gasteiger partial charge in [-0.05, 0) is 31.5 Å². The molecule has 0 saturated carbocycles. The second kappa shape index (κ2) is 6.84. The second-order valence-corrected chi connectivity index (χ2v) is 6.36. The standard InChI is InChI=1S/C17H16N4O2S/c1-12-6-8-15(9-7-12)20-13(2)18-19-17(20)24-11-14-4-3-5-16(10-14)21(22)23/h3-10H,11H2,1-2H3. The van der Waals surface area contributed by atoms with Crippen LogP contribution >= 0.6 is 11.8 Å². The summed E-state index contributed by atoms with van der Waals surface area (Å²) in [5, 5.41) is 20.0. The number of nitro benzene ring substituents is 1. The first-order valence-corrected chi connectivity index (χ1v) is 8.38. The molecule has 0 spiro atoms. The molecule has 0 radical (unpaired) electrons. The minimum absolute atomic E-state index is 0.101. The highest BCUT2D eigenvalue weighted by atomic mass is 32.2. The molecular formula is C17H16N4O2S. The van der Waals surface area contributed by atoms with Gasteiger partial charge in [-0.1, -0.05) is 41.6 Å². The van der Waals surface area contributed by atoms with E-state index in [-0.39, 0.29) is 10.6 Å². The predicted octanol–water partition coefficient (Wildman–Crippen LogP) is 4.08. The minimum atomic E-state index is -0.382. The quantitative estimate of drug-likeness (QED) is 0.397. The molecule has 7 heteroatoms. The first-order valence-electron chi connectivity index (χ1n) is 7.40. The van der Waals surface area contributed by atoms with Crippen molar-refractivity contribution in [2.24, 2.45) is 0 Å². The zero-order valence-electron chi connectivity index (χ0n) is 13.3. The zero-order valence-corrected chi connectivity index (χ0v) is 14.2. The van der Waals surface area contributed by atoms with Crippen LogP contribution in [0.4, 0.5) is 5.69 Å². The van der Waals surface area contributed by atoms with Gasteiger partial charge in [-0.2, -0.15) is 0 Å². The third kappa shape index (κ3) is 3.46. The Balaban J connectivity index is 1.83. The molecule has 0 aliphatic carbocycles. The van der Waals surface area contributed by atoms with Crippen molar-refractivity contribution in [1.82, 2.24) is 14.8 Å². The molecule has 2 aromatic carbocycles. The molecule has 0 aliphatic rings. The molecule has 122 valence electrons. The van der Waals surface area contributed by atoms with E-state index in [1.54, 1.807) is 12.1 Å². The van der Waals surface area contributed by atoms with Gasteiger partial charge in [-0.15, -0.1) is 10.2 Å². The van der Waals surface area contributed by atoms with Gasteiger partial charge in [0, 0.05) is 23.6 Å². The zero-order chi connectivity index (χ0) is 17.1. The summed E-state index contributed by atoms with van der Waals surface area (Å²) in [5.74, 6) is 1.39. The Bertz CT molecular complexity index is 875. The van der Waals surface area contributed by atoms with Crippen LogP contribution in [0.25, 0.3) is 5.69 Å². The van der Waals surface area contributed by atoms with Crippen molar-refractivity contribution in [2.75, 3.05) is 0 Å². The highest BCUT2D eigenvalue weighted by Gasteiger charge is 2.12. The van der Waals surface area contributed by atoms with Crippen LogP contribution in [0.15, 0.2) is 53.7 Å². The fraction of sp³-hybridized carbons (Fsp3) is 0.176. The Hall–Kier alpha value is -2.67. The average molecular weight is 340 g/mol. The van der Waals surface area contributed by atoms with Crippen molar-refractivity contribution in [3.05, 3.63) is 75.6 Å². The number of nitro groups is 1. The van der Waals surface area contributed by atoms with Gasteiger partial charge in [-0.3, -0.25) is 14.7 Å². The highest BCUT2D eigenvalue weighted by molar-refractivity contribution is 7.98. The molecule has 0 aliphatic heterocycles. The van der Waals surface area contributed by atoms with E-state index in [2.05, 4.69) is 10.2 Å². The summed E-state index contributed by atoms with van der Waals surface area (Å²) < 4.78 is 1.99. The van der Waals surface area contributed by atoms with Crippen LogP contribution in [0.3, 0.4) is 0 Å². The van der Waals surface area contributed by atoms with E-state index >= 15 is 0 Å². The summed E-state index contributed by atoms with van der Waals surface area (Å²) in [6.45, 7) is 3.95. The monoisotopic (exact) mass is 340 g/mol. The molecule has 1 heterocycles. The van der Waals surface area contributed by atoms with Crippen molar-refractivity contribution in [1.29, 1.82) is 0 Å². The summed E-state index contributed by atoms with van der Waals surface area (Å²) in [6.07, 6.45) is 0. The molecule has 0 N–H and O–H groups in total. The molecule has 6 nitrogen and oxygen atoms in total. The lowest BCUT2D eigenvalue weighted by molar-refractivity contribution is -0.384. The Morgan fingerprint density at radius 1 is 1.12 bits per heavy atom. The Morgan fingerprint density at radius 3 is 2.58 bits per heavy atom. The van der Waals surface area contributed by atoms with Crippen molar-refractivity contribution in [3.63, 3.8) is 0 Å². The average Bonchev–Trinajstić information content (AvgIpc) is 2.95. The van der Waals surface area contributed by atoms with E-state index in [4.69, 9.17) is 0 Å². The van der Waals surface area contributed by atoms with Crippen LogP contribution in [-0.4, -0.2) is 19.7 Å². The van der Waals surface area contributed by atoms with Gasteiger partial charge in [0.25, 0.3) is 5.69 Å². The molecule has 0 bridgehead atoms. The van der Waals surface area contributed by atoms with Gasteiger partial charge < -0.3 is 0 Å². The number of hydrogen-bond donors (Lipinski definition) is 0. The maximum atomic E-state index is 10.9. The fourth-order valence-corrected chi connectivity index (χ4v) is 3.28. The van der Waals surface area contributed by atoms with E-state index in [0.29, 0.717) is 5.75 Å². The van der Waals surface area contributed by atoms with Gasteiger partial charge in [0.1, 0.15) is 5.82 Å². The summed E-state index contributed by atoms with van der Waals surface area (Å²) >= 11 is 1.51. The van der Waals surface area contributed by atoms with Crippen LogP contribution in [0.1, 0.15) is 17.0 Å². The normalized spacial score (nSPS) is 10.8. The number of hydrogen-bond acceptors (Lipinski definition) is 5. The predicted molar refractivity (Wildman–Crippen MR) is 93.5 cm³/mol. The number of nitrogens with zero attached hydrogens (tertiary/aromatic N) is 4. The maximum absolute atomic E-state index is 10.9. The lowest BCUT2D eigenvalue weighted by Gasteiger charge is -2.08. The Kier molecular flexibility index (Phi) is 4.61. The van der Waals surface area contributed by atoms with E-state index in [0.717, 1.165) is 22.2 Å². The lowest BCUT2D eigenvalue weighted by Crippen LogP contribution is -1.99. The molecule has 0 amide bonds. The summed E-state index contributed by atoms with van der Waals surface area (Å²) in [5.41, 5.74) is 3.18.